The maximum absolute atomic E-state index is 5.59. The third kappa shape index (κ3) is 2.33. The molecule has 1 heterocycles. The summed E-state index contributed by atoms with van der Waals surface area (Å²) in [6.45, 7) is 0.901. The van der Waals surface area contributed by atoms with E-state index in [0.29, 0.717) is 6.01 Å². The van der Waals surface area contributed by atoms with Crippen molar-refractivity contribution in [2.45, 2.75) is 25.7 Å². The summed E-state index contributed by atoms with van der Waals surface area (Å²) in [5, 5.41) is 3.24. The molecule has 0 spiro atoms. The lowest BCUT2D eigenvalue weighted by Gasteiger charge is -2.02. The van der Waals surface area contributed by atoms with Gasteiger partial charge in [0.2, 0.25) is 0 Å². The number of aromatic nitrogens is 1. The first-order valence-electron chi connectivity index (χ1n) is 6.19. The zero-order valence-corrected chi connectivity index (χ0v) is 9.78. The van der Waals surface area contributed by atoms with E-state index in [1.165, 1.54) is 19.3 Å². The standard InChI is InChI=1S/C14H16N2O/c1-2-6-11(5-1)9-10-15-14-16-12-7-3-4-8-13(12)17-14/h3-5,7-8H,1-2,6,9-10H2,(H,15,16). The average Bonchev–Trinajstić information content (AvgIpc) is 2.96. The van der Waals surface area contributed by atoms with E-state index in [9.17, 15) is 0 Å². The summed E-state index contributed by atoms with van der Waals surface area (Å²) < 4.78 is 5.59. The van der Waals surface area contributed by atoms with Gasteiger partial charge in [-0.05, 0) is 37.8 Å². The molecule has 2 aromatic rings. The highest BCUT2D eigenvalue weighted by Crippen LogP contribution is 2.21. The minimum Gasteiger partial charge on any atom is -0.424 e. The number of nitrogens with zero attached hydrogens (tertiary/aromatic N) is 1. The Morgan fingerprint density at radius 3 is 3.06 bits per heavy atom. The van der Waals surface area contributed by atoms with Crippen molar-refractivity contribution in [1.82, 2.24) is 4.98 Å². The average molecular weight is 228 g/mol. The number of allylic oxidation sites excluding steroid dienone is 1. The second-order valence-electron chi connectivity index (χ2n) is 4.42. The van der Waals surface area contributed by atoms with E-state index in [1.807, 2.05) is 24.3 Å². The van der Waals surface area contributed by atoms with Crippen LogP contribution in [0, 0.1) is 0 Å². The topological polar surface area (TPSA) is 38.1 Å². The van der Waals surface area contributed by atoms with Gasteiger partial charge < -0.3 is 9.73 Å². The largest absolute Gasteiger partial charge is 0.424 e. The molecule has 0 unspecified atom stereocenters. The molecule has 0 saturated heterocycles. The van der Waals surface area contributed by atoms with Crippen LogP contribution in [0.3, 0.4) is 0 Å². The van der Waals surface area contributed by atoms with E-state index < -0.39 is 0 Å². The molecular formula is C14H16N2O. The summed E-state index contributed by atoms with van der Waals surface area (Å²) in [5.41, 5.74) is 3.32. The molecule has 3 heteroatoms. The fourth-order valence-corrected chi connectivity index (χ4v) is 2.24. The number of benzene rings is 1. The van der Waals surface area contributed by atoms with Gasteiger partial charge in [-0.1, -0.05) is 23.8 Å². The molecule has 0 amide bonds. The first kappa shape index (κ1) is 10.4. The van der Waals surface area contributed by atoms with Crippen molar-refractivity contribution in [3.8, 4) is 0 Å². The van der Waals surface area contributed by atoms with Crippen molar-refractivity contribution >= 4 is 17.1 Å². The third-order valence-electron chi connectivity index (χ3n) is 3.15. The van der Waals surface area contributed by atoms with Gasteiger partial charge in [-0.25, -0.2) is 0 Å². The van der Waals surface area contributed by atoms with Crippen LogP contribution in [0.4, 0.5) is 6.01 Å². The van der Waals surface area contributed by atoms with E-state index in [2.05, 4.69) is 16.4 Å². The van der Waals surface area contributed by atoms with Crippen molar-refractivity contribution in [3.05, 3.63) is 35.9 Å². The maximum atomic E-state index is 5.59. The second kappa shape index (κ2) is 4.62. The second-order valence-corrected chi connectivity index (χ2v) is 4.42. The fourth-order valence-electron chi connectivity index (χ4n) is 2.24. The van der Waals surface area contributed by atoms with Crippen LogP contribution in [0.25, 0.3) is 11.1 Å². The lowest BCUT2D eigenvalue weighted by Crippen LogP contribution is -2.02. The first-order chi connectivity index (χ1) is 8.42. The smallest absolute Gasteiger partial charge is 0.295 e. The maximum Gasteiger partial charge on any atom is 0.295 e. The van der Waals surface area contributed by atoms with Gasteiger partial charge in [-0.2, -0.15) is 4.98 Å². The van der Waals surface area contributed by atoms with Gasteiger partial charge in [-0.15, -0.1) is 0 Å². The van der Waals surface area contributed by atoms with Gasteiger partial charge in [0.15, 0.2) is 5.58 Å². The van der Waals surface area contributed by atoms with Crippen LogP contribution >= 0.6 is 0 Å². The van der Waals surface area contributed by atoms with Gasteiger partial charge in [0.1, 0.15) is 5.52 Å². The Hall–Kier alpha value is -1.77. The number of rotatable bonds is 4. The number of anilines is 1. The Balaban J connectivity index is 1.61. The Morgan fingerprint density at radius 1 is 1.29 bits per heavy atom. The Labute approximate surface area is 101 Å². The van der Waals surface area contributed by atoms with Crippen LogP contribution in [0.5, 0.6) is 0 Å². The number of fused-ring (bicyclic) bond motifs is 1. The predicted molar refractivity (Wildman–Crippen MR) is 69.0 cm³/mol. The van der Waals surface area contributed by atoms with Crippen molar-refractivity contribution < 1.29 is 4.42 Å². The van der Waals surface area contributed by atoms with E-state index in [4.69, 9.17) is 4.42 Å². The van der Waals surface area contributed by atoms with Gasteiger partial charge >= 0.3 is 0 Å². The van der Waals surface area contributed by atoms with E-state index in [1.54, 1.807) is 5.57 Å². The molecule has 0 saturated carbocycles. The number of nitrogens with one attached hydrogen (secondary N) is 1. The quantitative estimate of drug-likeness (QED) is 0.810. The molecule has 88 valence electrons. The third-order valence-corrected chi connectivity index (χ3v) is 3.15. The van der Waals surface area contributed by atoms with Crippen molar-refractivity contribution in [2.24, 2.45) is 0 Å². The van der Waals surface area contributed by atoms with Gasteiger partial charge in [0.25, 0.3) is 6.01 Å². The molecule has 0 atom stereocenters. The van der Waals surface area contributed by atoms with Crippen molar-refractivity contribution in [3.63, 3.8) is 0 Å². The van der Waals surface area contributed by atoms with E-state index in [0.717, 1.165) is 24.1 Å². The number of oxazole rings is 1. The van der Waals surface area contributed by atoms with Crippen LogP contribution in [0.1, 0.15) is 25.7 Å². The molecule has 17 heavy (non-hydrogen) atoms. The molecule has 1 N–H and O–H groups in total. The molecule has 3 rings (SSSR count). The summed E-state index contributed by atoms with van der Waals surface area (Å²) in [4.78, 5) is 4.38. The number of hydrogen-bond donors (Lipinski definition) is 1. The zero-order valence-electron chi connectivity index (χ0n) is 9.78. The normalized spacial score (nSPS) is 15.2. The van der Waals surface area contributed by atoms with Crippen LogP contribution in [0.15, 0.2) is 40.3 Å². The highest BCUT2D eigenvalue weighted by Gasteiger charge is 2.06. The number of hydrogen-bond acceptors (Lipinski definition) is 3. The van der Waals surface area contributed by atoms with E-state index >= 15 is 0 Å². The Morgan fingerprint density at radius 2 is 2.24 bits per heavy atom. The summed E-state index contributed by atoms with van der Waals surface area (Å²) in [6, 6.07) is 8.46. The molecule has 0 radical (unpaired) electrons. The SMILES string of the molecule is C1=C(CCNc2nc3ccccc3o2)CCC1. The van der Waals surface area contributed by atoms with Gasteiger partial charge in [-0.3, -0.25) is 0 Å². The van der Waals surface area contributed by atoms with E-state index in [-0.39, 0.29) is 0 Å². The summed E-state index contributed by atoms with van der Waals surface area (Å²) >= 11 is 0. The van der Waals surface area contributed by atoms with Crippen molar-refractivity contribution in [1.29, 1.82) is 0 Å². The predicted octanol–water partition coefficient (Wildman–Crippen LogP) is 3.74. The zero-order chi connectivity index (χ0) is 11.5. The minimum absolute atomic E-state index is 0.629. The van der Waals surface area contributed by atoms with Crippen LogP contribution in [0.2, 0.25) is 0 Å². The molecule has 3 nitrogen and oxygen atoms in total. The lowest BCUT2D eigenvalue weighted by molar-refractivity contribution is 0.614. The monoisotopic (exact) mass is 228 g/mol. The highest BCUT2D eigenvalue weighted by atomic mass is 16.4. The molecule has 1 aliphatic carbocycles. The van der Waals surface area contributed by atoms with Crippen LogP contribution < -0.4 is 5.32 Å². The van der Waals surface area contributed by atoms with Crippen molar-refractivity contribution in [2.75, 3.05) is 11.9 Å². The molecule has 1 aromatic carbocycles. The number of para-hydroxylation sites is 2. The van der Waals surface area contributed by atoms with Crippen LogP contribution in [-0.4, -0.2) is 11.5 Å². The fraction of sp³-hybridized carbons (Fsp3) is 0.357. The lowest BCUT2D eigenvalue weighted by atomic mass is 10.2. The molecule has 0 fully saturated rings. The molecule has 1 aromatic heterocycles. The van der Waals surface area contributed by atoms with Gasteiger partial charge in [0, 0.05) is 6.54 Å². The first-order valence-corrected chi connectivity index (χ1v) is 6.19. The molecule has 1 aliphatic rings. The summed E-state index contributed by atoms with van der Waals surface area (Å²) in [5.74, 6) is 0. The minimum atomic E-state index is 0.629. The highest BCUT2D eigenvalue weighted by molar-refractivity contribution is 5.74. The van der Waals surface area contributed by atoms with Crippen LogP contribution in [-0.2, 0) is 0 Å². The molecule has 0 bridgehead atoms. The summed E-state index contributed by atoms with van der Waals surface area (Å²) in [7, 11) is 0. The Kier molecular flexibility index (Phi) is 2.82. The Bertz CT molecular complexity index is 509. The van der Waals surface area contributed by atoms with Gasteiger partial charge in [0.05, 0.1) is 0 Å². The molecule has 0 aliphatic heterocycles. The molecular weight excluding hydrogens is 212 g/mol. The summed E-state index contributed by atoms with van der Waals surface area (Å²) in [6.07, 6.45) is 7.28.